The van der Waals surface area contributed by atoms with Gasteiger partial charge >= 0.3 is 0 Å². The normalized spacial score (nSPS) is 16.0. The first-order chi connectivity index (χ1) is 13.2. The maximum Gasteiger partial charge on any atom is 0.126 e. The summed E-state index contributed by atoms with van der Waals surface area (Å²) in [5.74, 6) is 0.580. The number of unbranched alkanes of at least 4 members (excludes halogenated alkanes) is 3. The molecule has 0 fully saturated rings. The van der Waals surface area contributed by atoms with Crippen molar-refractivity contribution in [3.05, 3.63) is 70.0 Å². The van der Waals surface area contributed by atoms with Gasteiger partial charge < -0.3 is 0 Å². The first kappa shape index (κ1) is 19.6. The highest BCUT2D eigenvalue weighted by molar-refractivity contribution is 5.39. The van der Waals surface area contributed by atoms with Crippen LogP contribution in [0.25, 0.3) is 0 Å². The summed E-state index contributed by atoms with van der Waals surface area (Å²) in [6.45, 7) is 2.21. The highest BCUT2D eigenvalue weighted by Crippen LogP contribution is 2.29. The molecule has 0 radical (unpaired) electrons. The molecule has 1 atom stereocenters. The van der Waals surface area contributed by atoms with Crippen molar-refractivity contribution in [2.45, 2.75) is 71.1 Å². The molecule has 1 nitrogen and oxygen atoms in total. The van der Waals surface area contributed by atoms with E-state index in [4.69, 9.17) is 5.26 Å². The summed E-state index contributed by atoms with van der Waals surface area (Å²) in [5.41, 5.74) is 5.44. The van der Waals surface area contributed by atoms with E-state index in [2.05, 4.69) is 25.1 Å². The highest BCUT2D eigenvalue weighted by Gasteiger charge is 2.19. The van der Waals surface area contributed by atoms with Crippen molar-refractivity contribution in [1.82, 2.24) is 0 Å². The van der Waals surface area contributed by atoms with E-state index in [0.717, 1.165) is 61.6 Å². The zero-order chi connectivity index (χ0) is 19.1. The van der Waals surface area contributed by atoms with Gasteiger partial charge in [0.15, 0.2) is 0 Å². The van der Waals surface area contributed by atoms with Gasteiger partial charge in [-0.25, -0.2) is 4.39 Å². The van der Waals surface area contributed by atoms with E-state index in [9.17, 15) is 4.39 Å². The predicted molar refractivity (Wildman–Crippen MR) is 109 cm³/mol. The average Bonchev–Trinajstić information content (AvgIpc) is 2.70. The predicted octanol–water partition coefficient (Wildman–Crippen LogP) is 6.56. The average molecular weight is 364 g/mol. The van der Waals surface area contributed by atoms with Crippen LogP contribution in [-0.2, 0) is 25.7 Å². The fourth-order valence-corrected chi connectivity index (χ4v) is 4.21. The van der Waals surface area contributed by atoms with Crippen LogP contribution in [0.4, 0.5) is 4.39 Å². The third-order valence-electron chi connectivity index (χ3n) is 5.92. The molecule has 0 aromatic heterocycles. The lowest BCUT2D eigenvalue weighted by molar-refractivity contribution is 0.424. The maximum absolute atomic E-state index is 14.5. The van der Waals surface area contributed by atoms with Crippen LogP contribution in [0.15, 0.2) is 36.4 Å². The molecule has 27 heavy (non-hydrogen) atoms. The highest BCUT2D eigenvalue weighted by atomic mass is 19.1. The molecule has 0 saturated carbocycles. The molecule has 0 aliphatic heterocycles. The molecule has 0 amide bonds. The van der Waals surface area contributed by atoms with Gasteiger partial charge in [-0.05, 0) is 91.3 Å². The Balaban J connectivity index is 1.52. The van der Waals surface area contributed by atoms with Crippen LogP contribution >= 0.6 is 0 Å². The van der Waals surface area contributed by atoms with Gasteiger partial charge in [-0.2, -0.15) is 5.26 Å². The van der Waals surface area contributed by atoms with Gasteiger partial charge in [-0.3, -0.25) is 0 Å². The van der Waals surface area contributed by atoms with E-state index in [1.807, 2.05) is 18.2 Å². The zero-order valence-electron chi connectivity index (χ0n) is 16.4. The third-order valence-corrected chi connectivity index (χ3v) is 5.92. The number of nitriles is 1. The molecule has 1 aliphatic carbocycles. The molecule has 0 N–H and O–H groups in total. The van der Waals surface area contributed by atoms with Crippen molar-refractivity contribution in [3.8, 4) is 6.07 Å². The lowest BCUT2D eigenvalue weighted by atomic mass is 9.80. The van der Waals surface area contributed by atoms with Crippen molar-refractivity contribution < 1.29 is 4.39 Å². The molecule has 142 valence electrons. The topological polar surface area (TPSA) is 23.8 Å². The van der Waals surface area contributed by atoms with E-state index in [1.54, 1.807) is 6.07 Å². The van der Waals surface area contributed by atoms with Gasteiger partial charge in [0.05, 0.1) is 11.6 Å². The first-order valence-electron chi connectivity index (χ1n) is 10.5. The van der Waals surface area contributed by atoms with Crippen LogP contribution in [0, 0.1) is 23.1 Å². The van der Waals surface area contributed by atoms with Crippen LogP contribution in [0.3, 0.4) is 0 Å². The monoisotopic (exact) mass is 363 g/mol. The Morgan fingerprint density at radius 1 is 1.04 bits per heavy atom. The molecule has 2 aromatic rings. The quantitative estimate of drug-likeness (QED) is 0.487. The molecule has 1 aliphatic rings. The maximum atomic E-state index is 14.5. The Bertz CT molecular complexity index is 802. The lowest BCUT2D eigenvalue weighted by Gasteiger charge is -2.25. The van der Waals surface area contributed by atoms with E-state index in [1.165, 1.54) is 30.4 Å². The van der Waals surface area contributed by atoms with Crippen molar-refractivity contribution in [3.63, 3.8) is 0 Å². The molecule has 0 spiro atoms. The van der Waals surface area contributed by atoms with Gasteiger partial charge in [0.2, 0.25) is 0 Å². The standard InChI is InChI=1S/C25H30FN/c1-2-3-4-5-6-19-7-11-22(25(26)17-19)12-8-20-9-13-24-16-21(18-27)10-14-23(24)15-20/h7,10-11,14,16-17,20H,2-6,8-9,12-13,15H2,1H3. The minimum Gasteiger partial charge on any atom is -0.207 e. The number of fused-ring (bicyclic) bond motifs is 1. The molecule has 0 saturated heterocycles. The zero-order valence-corrected chi connectivity index (χ0v) is 16.4. The van der Waals surface area contributed by atoms with E-state index < -0.39 is 0 Å². The SMILES string of the molecule is CCCCCCc1ccc(CCC2CCc3cc(C#N)ccc3C2)c(F)c1. The number of nitrogens with zero attached hydrogens (tertiary/aromatic N) is 1. The number of rotatable bonds is 8. The number of hydrogen-bond acceptors (Lipinski definition) is 1. The summed E-state index contributed by atoms with van der Waals surface area (Å²) in [6, 6.07) is 14.1. The van der Waals surface area contributed by atoms with Gasteiger partial charge in [-0.1, -0.05) is 44.4 Å². The van der Waals surface area contributed by atoms with Crippen molar-refractivity contribution in [2.75, 3.05) is 0 Å². The molecule has 2 aromatic carbocycles. The molecule has 2 heteroatoms. The Morgan fingerprint density at radius 3 is 2.70 bits per heavy atom. The van der Waals surface area contributed by atoms with Crippen LogP contribution in [0.5, 0.6) is 0 Å². The van der Waals surface area contributed by atoms with Gasteiger partial charge in [0.1, 0.15) is 5.82 Å². The summed E-state index contributed by atoms with van der Waals surface area (Å²) < 4.78 is 14.5. The van der Waals surface area contributed by atoms with Crippen molar-refractivity contribution in [1.29, 1.82) is 5.26 Å². The molecular weight excluding hydrogens is 333 g/mol. The lowest BCUT2D eigenvalue weighted by Crippen LogP contribution is -2.15. The minimum atomic E-state index is -0.0298. The van der Waals surface area contributed by atoms with Gasteiger partial charge in [0, 0.05) is 0 Å². The summed E-state index contributed by atoms with van der Waals surface area (Å²) >= 11 is 0. The van der Waals surface area contributed by atoms with Crippen molar-refractivity contribution in [2.24, 2.45) is 5.92 Å². The molecule has 0 bridgehead atoms. The van der Waals surface area contributed by atoms with Crippen LogP contribution in [0.1, 0.15) is 73.3 Å². The van der Waals surface area contributed by atoms with Crippen LogP contribution < -0.4 is 0 Å². The minimum absolute atomic E-state index is 0.0298. The second-order valence-corrected chi connectivity index (χ2v) is 7.98. The second-order valence-electron chi connectivity index (χ2n) is 7.98. The Hall–Kier alpha value is -2.14. The van der Waals surface area contributed by atoms with E-state index in [0.29, 0.717) is 5.92 Å². The van der Waals surface area contributed by atoms with Crippen LogP contribution in [0.2, 0.25) is 0 Å². The number of aryl methyl sites for hydroxylation is 3. The van der Waals surface area contributed by atoms with Crippen LogP contribution in [-0.4, -0.2) is 0 Å². The summed E-state index contributed by atoms with van der Waals surface area (Å²) in [5, 5.41) is 9.03. The summed E-state index contributed by atoms with van der Waals surface area (Å²) in [4.78, 5) is 0. The third kappa shape index (κ3) is 5.42. The Morgan fingerprint density at radius 2 is 1.93 bits per heavy atom. The first-order valence-corrected chi connectivity index (χ1v) is 10.5. The van der Waals surface area contributed by atoms with Gasteiger partial charge in [-0.15, -0.1) is 0 Å². The molecule has 1 unspecified atom stereocenters. The smallest absolute Gasteiger partial charge is 0.126 e. The second kappa shape index (κ2) is 9.70. The largest absolute Gasteiger partial charge is 0.207 e. The number of hydrogen-bond donors (Lipinski definition) is 0. The fraction of sp³-hybridized carbons (Fsp3) is 0.480. The fourth-order valence-electron chi connectivity index (χ4n) is 4.21. The molecular formula is C25H30FN. The molecule has 3 rings (SSSR count). The van der Waals surface area contributed by atoms with Crippen molar-refractivity contribution >= 4 is 0 Å². The Labute approximate surface area is 163 Å². The van der Waals surface area contributed by atoms with E-state index in [-0.39, 0.29) is 5.82 Å². The number of halogens is 1. The van der Waals surface area contributed by atoms with E-state index >= 15 is 0 Å². The molecule has 0 heterocycles. The Kier molecular flexibility index (Phi) is 7.04. The van der Waals surface area contributed by atoms with Gasteiger partial charge in [0.25, 0.3) is 0 Å². The summed E-state index contributed by atoms with van der Waals surface area (Å²) in [6.07, 6.45) is 11.0. The number of benzene rings is 2. The summed E-state index contributed by atoms with van der Waals surface area (Å²) in [7, 11) is 0.